The molecule has 1 rings (SSSR count). The van der Waals surface area contributed by atoms with Crippen molar-refractivity contribution < 1.29 is 24.2 Å². The maximum absolute atomic E-state index is 11.3. The molecule has 0 spiro atoms. The van der Waals surface area contributed by atoms with Crippen molar-refractivity contribution >= 4 is 17.9 Å². The van der Waals surface area contributed by atoms with Crippen LogP contribution in [0.4, 0.5) is 4.79 Å². The van der Waals surface area contributed by atoms with Gasteiger partial charge in [0.05, 0.1) is 0 Å². The summed E-state index contributed by atoms with van der Waals surface area (Å²) < 4.78 is 4.55. The van der Waals surface area contributed by atoms with Gasteiger partial charge in [-0.05, 0) is 18.4 Å². The van der Waals surface area contributed by atoms with Crippen LogP contribution in [-0.2, 0) is 20.7 Å². The van der Waals surface area contributed by atoms with Gasteiger partial charge in [-0.3, -0.25) is 10.1 Å². The first-order chi connectivity index (χ1) is 10.1. The van der Waals surface area contributed by atoms with E-state index in [1.165, 1.54) is 5.56 Å². The highest BCUT2D eigenvalue weighted by Crippen LogP contribution is 2.01. The molecule has 3 amide bonds. The number of carbonyl (C=O) groups is 3. The van der Waals surface area contributed by atoms with E-state index >= 15 is 0 Å². The molecular weight excluding hydrogens is 276 g/mol. The number of carboxylic acid groups (broad SMARTS) is 1. The largest absolute Gasteiger partial charge is 0.480 e. The SMILES string of the molecule is O=C(O)COCC(=O)NC(=O)NCCCc1ccccc1. The first-order valence-corrected chi connectivity index (χ1v) is 6.49. The molecule has 21 heavy (non-hydrogen) atoms. The molecule has 7 nitrogen and oxygen atoms in total. The van der Waals surface area contributed by atoms with E-state index in [1.54, 1.807) is 0 Å². The molecule has 7 heteroatoms. The van der Waals surface area contributed by atoms with Gasteiger partial charge in [0, 0.05) is 6.54 Å². The zero-order valence-electron chi connectivity index (χ0n) is 11.5. The number of aryl methyl sites for hydroxylation is 1. The van der Waals surface area contributed by atoms with Crippen LogP contribution in [0.2, 0.25) is 0 Å². The fraction of sp³-hybridized carbons (Fsp3) is 0.357. The Kier molecular flexibility index (Phi) is 7.52. The highest BCUT2D eigenvalue weighted by Gasteiger charge is 2.08. The van der Waals surface area contributed by atoms with Crippen molar-refractivity contribution in [1.29, 1.82) is 0 Å². The number of benzene rings is 1. The van der Waals surface area contributed by atoms with Gasteiger partial charge >= 0.3 is 12.0 Å². The highest BCUT2D eigenvalue weighted by molar-refractivity contribution is 5.94. The molecule has 114 valence electrons. The fourth-order valence-electron chi connectivity index (χ4n) is 1.58. The normalized spacial score (nSPS) is 9.90. The molecule has 0 radical (unpaired) electrons. The number of carbonyl (C=O) groups excluding carboxylic acids is 2. The molecule has 0 aliphatic carbocycles. The summed E-state index contributed by atoms with van der Waals surface area (Å²) in [5.41, 5.74) is 1.18. The number of imide groups is 1. The summed E-state index contributed by atoms with van der Waals surface area (Å²) in [7, 11) is 0. The number of hydrogen-bond donors (Lipinski definition) is 3. The van der Waals surface area contributed by atoms with Crippen LogP contribution in [0, 0.1) is 0 Å². The van der Waals surface area contributed by atoms with Gasteiger partial charge in [0.15, 0.2) is 0 Å². The van der Waals surface area contributed by atoms with Crippen LogP contribution in [0.25, 0.3) is 0 Å². The monoisotopic (exact) mass is 294 g/mol. The number of nitrogens with one attached hydrogen (secondary N) is 2. The number of ether oxygens (including phenoxy) is 1. The molecule has 1 aromatic rings. The van der Waals surface area contributed by atoms with Crippen molar-refractivity contribution in [2.24, 2.45) is 0 Å². The summed E-state index contributed by atoms with van der Waals surface area (Å²) in [5.74, 6) is -1.86. The zero-order chi connectivity index (χ0) is 15.5. The van der Waals surface area contributed by atoms with Crippen LogP contribution in [-0.4, -0.2) is 42.8 Å². The van der Waals surface area contributed by atoms with Gasteiger partial charge in [-0.25, -0.2) is 9.59 Å². The third-order valence-electron chi connectivity index (χ3n) is 2.48. The molecule has 1 aromatic carbocycles. The quantitative estimate of drug-likeness (QED) is 0.607. The molecule has 0 fully saturated rings. The van der Waals surface area contributed by atoms with Gasteiger partial charge in [0.1, 0.15) is 13.2 Å². The predicted octanol–water partition coefficient (Wildman–Crippen LogP) is 0.546. The van der Waals surface area contributed by atoms with E-state index < -0.39 is 31.1 Å². The Balaban J connectivity index is 2.08. The molecule has 0 aromatic heterocycles. The second-order valence-electron chi connectivity index (χ2n) is 4.28. The van der Waals surface area contributed by atoms with Gasteiger partial charge in [-0.2, -0.15) is 0 Å². The molecule has 0 aliphatic rings. The number of hydrogen-bond acceptors (Lipinski definition) is 4. The van der Waals surface area contributed by atoms with Crippen LogP contribution in [0.1, 0.15) is 12.0 Å². The van der Waals surface area contributed by atoms with Crippen LogP contribution in [0.3, 0.4) is 0 Å². The molecule has 0 saturated carbocycles. The molecule has 0 aliphatic heterocycles. The topological polar surface area (TPSA) is 105 Å². The first-order valence-electron chi connectivity index (χ1n) is 6.49. The minimum Gasteiger partial charge on any atom is -0.480 e. The maximum atomic E-state index is 11.3. The number of aliphatic carboxylic acids is 1. The molecule has 0 saturated heterocycles. The van der Waals surface area contributed by atoms with Gasteiger partial charge in [0.25, 0.3) is 5.91 Å². The average molecular weight is 294 g/mol. The van der Waals surface area contributed by atoms with Crippen molar-refractivity contribution in [2.45, 2.75) is 12.8 Å². The lowest BCUT2D eigenvalue weighted by molar-refractivity contribution is -0.143. The summed E-state index contributed by atoms with van der Waals surface area (Å²) in [6, 6.07) is 9.23. The fourth-order valence-corrected chi connectivity index (χ4v) is 1.58. The van der Waals surface area contributed by atoms with E-state index in [4.69, 9.17) is 5.11 Å². The Morgan fingerprint density at radius 2 is 1.81 bits per heavy atom. The van der Waals surface area contributed by atoms with Crippen molar-refractivity contribution in [3.05, 3.63) is 35.9 Å². The Morgan fingerprint density at radius 1 is 1.10 bits per heavy atom. The summed E-state index contributed by atoms with van der Waals surface area (Å²) in [6.45, 7) is -0.611. The third-order valence-corrected chi connectivity index (χ3v) is 2.48. The minimum absolute atomic E-state index is 0.435. The van der Waals surface area contributed by atoms with Crippen LogP contribution < -0.4 is 10.6 Å². The Morgan fingerprint density at radius 3 is 2.48 bits per heavy atom. The maximum Gasteiger partial charge on any atom is 0.329 e. The first kappa shape index (κ1) is 16.6. The predicted molar refractivity (Wildman–Crippen MR) is 74.8 cm³/mol. The average Bonchev–Trinajstić information content (AvgIpc) is 2.44. The standard InChI is InChI=1S/C14H18N2O5/c17-12(9-21-10-13(18)19)16-14(20)15-8-4-7-11-5-2-1-3-6-11/h1-3,5-6H,4,7-10H2,(H,18,19)(H2,15,16,17,20). The molecule has 0 atom stereocenters. The second-order valence-corrected chi connectivity index (χ2v) is 4.28. The van der Waals surface area contributed by atoms with E-state index in [2.05, 4.69) is 10.1 Å². The van der Waals surface area contributed by atoms with Crippen molar-refractivity contribution in [3.63, 3.8) is 0 Å². The highest BCUT2D eigenvalue weighted by atomic mass is 16.5. The number of amides is 3. The van der Waals surface area contributed by atoms with E-state index in [0.717, 1.165) is 12.8 Å². The van der Waals surface area contributed by atoms with E-state index in [-0.39, 0.29) is 0 Å². The summed E-state index contributed by atoms with van der Waals surface area (Å²) in [6.07, 6.45) is 1.58. The molecule has 0 bridgehead atoms. The molecule has 0 heterocycles. The third kappa shape index (κ3) is 8.38. The van der Waals surface area contributed by atoms with E-state index in [1.807, 2.05) is 35.6 Å². The van der Waals surface area contributed by atoms with E-state index in [0.29, 0.717) is 6.54 Å². The lowest BCUT2D eigenvalue weighted by atomic mass is 10.1. The summed E-state index contributed by atoms with van der Waals surface area (Å²) in [4.78, 5) is 32.7. The van der Waals surface area contributed by atoms with Crippen molar-refractivity contribution in [1.82, 2.24) is 10.6 Å². The molecular formula is C14H18N2O5. The summed E-state index contributed by atoms with van der Waals surface area (Å²) in [5, 5.41) is 12.9. The van der Waals surface area contributed by atoms with Crippen LogP contribution in [0.5, 0.6) is 0 Å². The number of urea groups is 1. The number of rotatable bonds is 8. The van der Waals surface area contributed by atoms with Gasteiger partial charge in [-0.15, -0.1) is 0 Å². The summed E-state index contributed by atoms with van der Waals surface area (Å²) >= 11 is 0. The number of carboxylic acids is 1. The Bertz CT molecular complexity index is 476. The second kappa shape index (κ2) is 9.49. The molecule has 0 unspecified atom stereocenters. The lowest BCUT2D eigenvalue weighted by Crippen LogP contribution is -2.41. The van der Waals surface area contributed by atoms with Crippen LogP contribution >= 0.6 is 0 Å². The Hall–Kier alpha value is -2.41. The Labute approximate surface area is 122 Å². The zero-order valence-corrected chi connectivity index (χ0v) is 11.5. The van der Waals surface area contributed by atoms with Crippen molar-refractivity contribution in [3.8, 4) is 0 Å². The van der Waals surface area contributed by atoms with Gasteiger partial charge in [-0.1, -0.05) is 30.3 Å². The minimum atomic E-state index is -1.17. The molecule has 3 N–H and O–H groups in total. The van der Waals surface area contributed by atoms with Crippen molar-refractivity contribution in [2.75, 3.05) is 19.8 Å². The van der Waals surface area contributed by atoms with Gasteiger partial charge < -0.3 is 15.2 Å². The lowest BCUT2D eigenvalue weighted by Gasteiger charge is -2.06. The van der Waals surface area contributed by atoms with E-state index in [9.17, 15) is 14.4 Å². The van der Waals surface area contributed by atoms with Crippen LogP contribution in [0.15, 0.2) is 30.3 Å². The smallest absolute Gasteiger partial charge is 0.329 e. The van der Waals surface area contributed by atoms with Gasteiger partial charge in [0.2, 0.25) is 0 Å².